The number of fused-ring (bicyclic) bond motifs is 8. The molecule has 12 rings (SSSR count). The molecule has 11 aromatic carbocycles. The van der Waals surface area contributed by atoms with Crippen LogP contribution in [0.15, 0.2) is 248 Å². The molecule has 65 heavy (non-hydrogen) atoms. The maximum Gasteiger partial charge on any atom is 0.152 e. The molecule has 2 nitrogen and oxygen atoms in total. The molecule has 0 heterocycles. The number of hydrogen-bond acceptors (Lipinski definition) is 1. The molecule has 0 bridgehead atoms. The van der Waals surface area contributed by atoms with Gasteiger partial charge < -0.3 is 0 Å². The molecule has 0 unspecified atom stereocenters. The van der Waals surface area contributed by atoms with Crippen LogP contribution in [0.5, 0.6) is 0 Å². The van der Waals surface area contributed by atoms with Gasteiger partial charge in [0.05, 0.1) is 11.1 Å². The van der Waals surface area contributed by atoms with Crippen LogP contribution < -0.4 is 0 Å². The van der Waals surface area contributed by atoms with Crippen molar-refractivity contribution < 1.29 is 0 Å². The van der Waals surface area contributed by atoms with Crippen molar-refractivity contribution in [3.63, 3.8) is 0 Å². The van der Waals surface area contributed by atoms with Crippen molar-refractivity contribution >= 4 is 60.7 Å². The molecule has 1 aliphatic rings. The number of aliphatic imine (C=N–C) groups is 1. The van der Waals surface area contributed by atoms with Crippen molar-refractivity contribution in [2.75, 3.05) is 0 Å². The van der Waals surface area contributed by atoms with E-state index in [0.717, 1.165) is 27.8 Å². The number of benzene rings is 11. The standard InChI is InChI=1S/C63H42N2/c64-62(44-18-4-1-5-19-44)65-59(56-29-16-28-55-53-27-14-15-30-58(53)63(61(55)56,49-21-6-2-7-22-49)50-23-8-3-9-24-50)38-32-42-31-33-46-40-48(35-34-45(46)39-42)60-52-26-13-11-20-47(52)41-57-51-25-12-10-17-43(51)36-37-54(57)60/h1-41,64H/b38-32+,64-62?,65-59?. The van der Waals surface area contributed by atoms with Gasteiger partial charge in [0.25, 0.3) is 0 Å². The van der Waals surface area contributed by atoms with Crippen molar-refractivity contribution in [2.45, 2.75) is 5.41 Å². The molecular formula is C63H42N2. The first kappa shape index (κ1) is 38.2. The highest BCUT2D eigenvalue weighted by Crippen LogP contribution is 2.57. The van der Waals surface area contributed by atoms with Gasteiger partial charge in [-0.3, -0.25) is 5.41 Å². The molecule has 1 N–H and O–H groups in total. The van der Waals surface area contributed by atoms with E-state index in [1.54, 1.807) is 0 Å². The van der Waals surface area contributed by atoms with Crippen LogP contribution in [0.1, 0.15) is 38.9 Å². The first-order chi connectivity index (χ1) is 32.1. The monoisotopic (exact) mass is 826 g/mol. The fraction of sp³-hybridized carbons (Fsp3) is 0.0159. The van der Waals surface area contributed by atoms with E-state index in [2.05, 4.69) is 218 Å². The van der Waals surface area contributed by atoms with Crippen LogP contribution in [0.25, 0.3) is 71.4 Å². The molecule has 0 fully saturated rings. The van der Waals surface area contributed by atoms with Crippen LogP contribution in [-0.2, 0) is 5.41 Å². The summed E-state index contributed by atoms with van der Waals surface area (Å²) in [7, 11) is 0. The average Bonchev–Trinajstić information content (AvgIpc) is 3.69. The highest BCUT2D eigenvalue weighted by atomic mass is 14.8. The molecule has 0 saturated carbocycles. The molecule has 304 valence electrons. The van der Waals surface area contributed by atoms with Crippen LogP contribution >= 0.6 is 0 Å². The Hall–Kier alpha value is -8.46. The van der Waals surface area contributed by atoms with Gasteiger partial charge in [0.2, 0.25) is 0 Å². The minimum absolute atomic E-state index is 0.211. The Morgan fingerprint density at radius 3 is 1.83 bits per heavy atom. The Morgan fingerprint density at radius 1 is 0.431 bits per heavy atom. The zero-order chi connectivity index (χ0) is 43.3. The van der Waals surface area contributed by atoms with Crippen LogP contribution in [0.3, 0.4) is 0 Å². The number of amidine groups is 1. The molecule has 2 heteroatoms. The number of nitrogens with zero attached hydrogens (tertiary/aromatic N) is 1. The SMILES string of the molecule is N=C(N=C(/C=C/c1ccc2cc(-c3c4ccccc4cc4c3ccc3ccccc34)ccc2c1)c1cccc2c1C(c1ccccc1)(c1ccccc1)c1ccccc1-2)c1ccccc1. The summed E-state index contributed by atoms with van der Waals surface area (Å²) in [6.45, 7) is 0. The molecule has 0 spiro atoms. The van der Waals surface area contributed by atoms with Crippen molar-refractivity contribution in [3.05, 3.63) is 282 Å². The summed E-state index contributed by atoms with van der Waals surface area (Å²) in [5.41, 5.74) is 12.5. The van der Waals surface area contributed by atoms with E-state index in [4.69, 9.17) is 4.99 Å². The van der Waals surface area contributed by atoms with Gasteiger partial charge in [-0.15, -0.1) is 0 Å². The minimum atomic E-state index is -0.627. The van der Waals surface area contributed by atoms with Crippen molar-refractivity contribution in [1.82, 2.24) is 0 Å². The minimum Gasteiger partial charge on any atom is -0.282 e. The van der Waals surface area contributed by atoms with Gasteiger partial charge in [-0.25, -0.2) is 4.99 Å². The third kappa shape index (κ3) is 6.33. The predicted molar refractivity (Wildman–Crippen MR) is 274 cm³/mol. The Bertz CT molecular complexity index is 3670. The largest absolute Gasteiger partial charge is 0.282 e. The van der Waals surface area contributed by atoms with E-state index in [1.807, 2.05) is 30.3 Å². The Balaban J connectivity index is 1.01. The molecule has 0 atom stereocenters. The lowest BCUT2D eigenvalue weighted by molar-refractivity contribution is 0.767. The molecule has 0 saturated heterocycles. The number of allylic oxidation sites excluding steroid dienone is 1. The zero-order valence-electron chi connectivity index (χ0n) is 35.6. The molecule has 0 radical (unpaired) electrons. The molecule has 0 amide bonds. The van der Waals surface area contributed by atoms with E-state index in [1.165, 1.54) is 82.2 Å². The van der Waals surface area contributed by atoms with Gasteiger partial charge in [0.15, 0.2) is 5.84 Å². The third-order valence-electron chi connectivity index (χ3n) is 13.4. The first-order valence-electron chi connectivity index (χ1n) is 22.3. The second kappa shape index (κ2) is 15.7. The van der Waals surface area contributed by atoms with Crippen LogP contribution in [0, 0.1) is 5.41 Å². The summed E-state index contributed by atoms with van der Waals surface area (Å²) in [4.78, 5) is 5.21. The maximum atomic E-state index is 9.36. The summed E-state index contributed by atoms with van der Waals surface area (Å²) in [6.07, 6.45) is 4.26. The number of nitrogens with one attached hydrogen (secondary N) is 1. The van der Waals surface area contributed by atoms with Crippen LogP contribution in [-0.4, -0.2) is 11.5 Å². The van der Waals surface area contributed by atoms with Gasteiger partial charge in [0, 0.05) is 11.1 Å². The van der Waals surface area contributed by atoms with Crippen molar-refractivity contribution in [2.24, 2.45) is 4.99 Å². The number of hydrogen-bond donors (Lipinski definition) is 1. The third-order valence-corrected chi connectivity index (χ3v) is 13.4. The van der Waals surface area contributed by atoms with Crippen molar-refractivity contribution in [1.29, 1.82) is 5.41 Å². The quantitative estimate of drug-likeness (QED) is 0.0719. The lowest BCUT2D eigenvalue weighted by Crippen LogP contribution is -2.30. The Morgan fingerprint density at radius 2 is 1.05 bits per heavy atom. The first-order valence-corrected chi connectivity index (χ1v) is 22.3. The van der Waals surface area contributed by atoms with Crippen LogP contribution in [0.4, 0.5) is 0 Å². The summed E-state index contributed by atoms with van der Waals surface area (Å²) < 4.78 is 0. The predicted octanol–water partition coefficient (Wildman–Crippen LogP) is 15.9. The fourth-order valence-corrected chi connectivity index (χ4v) is 10.5. The van der Waals surface area contributed by atoms with E-state index < -0.39 is 5.41 Å². The molecular weight excluding hydrogens is 785 g/mol. The lowest BCUT2D eigenvalue weighted by atomic mass is 9.66. The van der Waals surface area contributed by atoms with Crippen molar-refractivity contribution in [3.8, 4) is 22.3 Å². The van der Waals surface area contributed by atoms with E-state index >= 15 is 0 Å². The van der Waals surface area contributed by atoms with Gasteiger partial charge in [-0.05, 0) is 117 Å². The van der Waals surface area contributed by atoms with Gasteiger partial charge in [-0.1, -0.05) is 224 Å². The van der Waals surface area contributed by atoms with Gasteiger partial charge >= 0.3 is 0 Å². The summed E-state index contributed by atoms with van der Waals surface area (Å²) in [5.74, 6) is 0.211. The highest BCUT2D eigenvalue weighted by Gasteiger charge is 2.47. The summed E-state index contributed by atoms with van der Waals surface area (Å²) >= 11 is 0. The zero-order valence-corrected chi connectivity index (χ0v) is 35.6. The topological polar surface area (TPSA) is 36.2 Å². The molecule has 0 aliphatic heterocycles. The Labute approximate surface area is 378 Å². The van der Waals surface area contributed by atoms with Gasteiger partial charge in [-0.2, -0.15) is 0 Å². The lowest BCUT2D eigenvalue weighted by Gasteiger charge is -2.35. The summed E-state index contributed by atoms with van der Waals surface area (Å²) in [5, 5.41) is 19.2. The fourth-order valence-electron chi connectivity index (χ4n) is 10.5. The van der Waals surface area contributed by atoms with Gasteiger partial charge in [0.1, 0.15) is 0 Å². The highest BCUT2D eigenvalue weighted by molar-refractivity contribution is 6.21. The molecule has 0 aromatic heterocycles. The smallest absolute Gasteiger partial charge is 0.152 e. The van der Waals surface area contributed by atoms with Crippen LogP contribution in [0.2, 0.25) is 0 Å². The Kier molecular flexibility index (Phi) is 9.24. The number of rotatable bonds is 7. The maximum absolute atomic E-state index is 9.36. The van der Waals surface area contributed by atoms with E-state index in [0.29, 0.717) is 0 Å². The van der Waals surface area contributed by atoms with E-state index in [-0.39, 0.29) is 5.84 Å². The second-order valence-electron chi connectivity index (χ2n) is 17.0. The summed E-state index contributed by atoms with van der Waals surface area (Å²) in [6, 6.07) is 84.8. The second-order valence-corrected chi connectivity index (χ2v) is 17.0. The molecule has 11 aromatic rings. The average molecular weight is 827 g/mol. The molecule has 1 aliphatic carbocycles. The normalized spacial score (nSPS) is 13.1. The van der Waals surface area contributed by atoms with E-state index in [9.17, 15) is 5.41 Å².